The van der Waals surface area contributed by atoms with E-state index in [1.165, 1.54) is 11.9 Å². The molecular weight excluding hydrogens is 318 g/mol. The molecule has 2 aromatic heterocycles. The minimum atomic E-state index is -0.185. The van der Waals surface area contributed by atoms with Crippen LogP contribution in [0.3, 0.4) is 0 Å². The second-order valence-corrected chi connectivity index (χ2v) is 5.94. The molecular formula is C18H17N5O2. The molecule has 4 rings (SSSR count). The molecule has 0 fully saturated rings. The van der Waals surface area contributed by atoms with E-state index in [2.05, 4.69) is 31.5 Å². The number of aryl methyl sites for hydroxylation is 2. The van der Waals surface area contributed by atoms with Crippen molar-refractivity contribution >= 4 is 5.91 Å². The van der Waals surface area contributed by atoms with Crippen LogP contribution in [0, 0.1) is 0 Å². The average molecular weight is 335 g/mol. The Labute approximate surface area is 144 Å². The highest BCUT2D eigenvalue weighted by atomic mass is 16.5. The summed E-state index contributed by atoms with van der Waals surface area (Å²) in [6.45, 7) is 1.98. The number of amides is 1. The second kappa shape index (κ2) is 6.43. The summed E-state index contributed by atoms with van der Waals surface area (Å²) in [4.78, 5) is 24.5. The molecule has 1 N–H and O–H groups in total. The highest BCUT2D eigenvalue weighted by Crippen LogP contribution is 2.33. The number of aromatic nitrogens is 4. The molecule has 1 aliphatic carbocycles. The molecule has 25 heavy (non-hydrogen) atoms. The number of carbonyl (C=O) groups excluding carboxylic acids is 1. The minimum absolute atomic E-state index is 0.0111. The maximum Gasteiger partial charge on any atom is 0.270 e. The fourth-order valence-electron chi connectivity index (χ4n) is 3.08. The smallest absolute Gasteiger partial charge is 0.270 e. The maximum absolute atomic E-state index is 12.3. The Kier molecular flexibility index (Phi) is 3.97. The van der Waals surface area contributed by atoms with Crippen molar-refractivity contribution in [3.8, 4) is 11.4 Å². The number of benzene rings is 1. The van der Waals surface area contributed by atoms with Gasteiger partial charge in [-0.15, -0.1) is 0 Å². The van der Waals surface area contributed by atoms with Crippen LogP contribution in [-0.4, -0.2) is 26.0 Å². The highest BCUT2D eigenvalue weighted by molar-refractivity contribution is 5.92. The van der Waals surface area contributed by atoms with Crippen LogP contribution in [0.25, 0.3) is 11.4 Å². The van der Waals surface area contributed by atoms with Gasteiger partial charge in [0.2, 0.25) is 11.7 Å². The summed E-state index contributed by atoms with van der Waals surface area (Å²) in [5.41, 5.74) is 3.64. The van der Waals surface area contributed by atoms with Gasteiger partial charge in [-0.2, -0.15) is 4.98 Å². The Morgan fingerprint density at radius 3 is 3.04 bits per heavy atom. The van der Waals surface area contributed by atoms with Crippen LogP contribution in [0.1, 0.15) is 46.9 Å². The number of nitrogens with one attached hydrogen (secondary N) is 1. The fraction of sp³-hybridized carbons (Fsp3) is 0.278. The van der Waals surface area contributed by atoms with Gasteiger partial charge in [0.05, 0.1) is 6.04 Å². The molecule has 0 saturated heterocycles. The van der Waals surface area contributed by atoms with Crippen molar-refractivity contribution in [3.63, 3.8) is 0 Å². The van der Waals surface area contributed by atoms with Crippen LogP contribution < -0.4 is 5.32 Å². The normalized spacial score (nSPS) is 15.8. The molecule has 0 saturated carbocycles. The Hall–Kier alpha value is -3.09. The zero-order valence-electron chi connectivity index (χ0n) is 13.8. The molecule has 0 aliphatic heterocycles. The van der Waals surface area contributed by atoms with Gasteiger partial charge in [0.1, 0.15) is 12.0 Å². The Bertz CT molecular complexity index is 907. The third-order valence-corrected chi connectivity index (χ3v) is 4.37. The zero-order valence-corrected chi connectivity index (χ0v) is 13.8. The van der Waals surface area contributed by atoms with E-state index in [9.17, 15) is 4.79 Å². The molecule has 1 atom stereocenters. The molecule has 7 nitrogen and oxygen atoms in total. The van der Waals surface area contributed by atoms with Gasteiger partial charge in [-0.05, 0) is 36.1 Å². The Balaban J connectivity index is 1.54. The zero-order chi connectivity index (χ0) is 17.2. The predicted molar refractivity (Wildman–Crippen MR) is 89.7 cm³/mol. The number of nitrogens with zero attached hydrogens (tertiary/aromatic N) is 4. The summed E-state index contributed by atoms with van der Waals surface area (Å²) in [6, 6.07) is 7.68. The summed E-state index contributed by atoms with van der Waals surface area (Å²) in [5.74, 6) is 1.05. The van der Waals surface area contributed by atoms with Crippen molar-refractivity contribution in [2.24, 2.45) is 0 Å². The first-order valence-electron chi connectivity index (χ1n) is 8.27. The number of carbonyl (C=O) groups is 1. The standard InChI is InChI=1S/C18H17N5O2/c1-2-16-22-17(23-25-16)12-3-5-13-11(9-12)4-6-14(13)21-18(24)15-7-8-19-10-20-15/h3,5,7-10,14H,2,4,6H2,1H3,(H,21,24)/t14-/m1/s1. The number of hydrogen-bond donors (Lipinski definition) is 1. The van der Waals surface area contributed by atoms with E-state index in [1.807, 2.05) is 19.1 Å². The van der Waals surface area contributed by atoms with Crippen LogP contribution in [0.2, 0.25) is 0 Å². The van der Waals surface area contributed by atoms with Crippen molar-refractivity contribution in [1.29, 1.82) is 0 Å². The molecule has 126 valence electrons. The summed E-state index contributed by atoms with van der Waals surface area (Å²) in [6.07, 6.45) is 5.42. The van der Waals surface area contributed by atoms with Crippen molar-refractivity contribution in [2.75, 3.05) is 0 Å². The molecule has 0 radical (unpaired) electrons. The van der Waals surface area contributed by atoms with Gasteiger partial charge >= 0.3 is 0 Å². The van der Waals surface area contributed by atoms with Crippen molar-refractivity contribution in [3.05, 3.63) is 59.5 Å². The SMILES string of the molecule is CCc1nc(-c2ccc3c(c2)CC[C@H]3NC(=O)c2ccncn2)no1. The lowest BCUT2D eigenvalue weighted by Gasteiger charge is -2.14. The molecule has 1 amide bonds. The maximum atomic E-state index is 12.3. The van der Waals surface area contributed by atoms with Crippen LogP contribution in [0.4, 0.5) is 0 Å². The Morgan fingerprint density at radius 2 is 2.28 bits per heavy atom. The minimum Gasteiger partial charge on any atom is -0.344 e. The predicted octanol–water partition coefficient (Wildman–Crippen LogP) is 2.51. The van der Waals surface area contributed by atoms with Crippen molar-refractivity contribution in [1.82, 2.24) is 25.4 Å². The van der Waals surface area contributed by atoms with Gasteiger partial charge in [0, 0.05) is 18.2 Å². The van der Waals surface area contributed by atoms with Gasteiger partial charge in [0.15, 0.2) is 0 Å². The van der Waals surface area contributed by atoms with E-state index in [1.54, 1.807) is 12.3 Å². The van der Waals surface area contributed by atoms with E-state index in [-0.39, 0.29) is 11.9 Å². The molecule has 1 aliphatic rings. The van der Waals surface area contributed by atoms with E-state index in [4.69, 9.17) is 4.52 Å². The van der Waals surface area contributed by atoms with Crippen LogP contribution in [0.5, 0.6) is 0 Å². The van der Waals surface area contributed by atoms with E-state index in [0.29, 0.717) is 17.4 Å². The summed E-state index contributed by atoms with van der Waals surface area (Å²) in [5, 5.41) is 7.06. The van der Waals surface area contributed by atoms with Crippen molar-refractivity contribution < 1.29 is 9.32 Å². The van der Waals surface area contributed by atoms with Gasteiger partial charge < -0.3 is 9.84 Å². The quantitative estimate of drug-likeness (QED) is 0.787. The van der Waals surface area contributed by atoms with E-state index in [0.717, 1.165) is 30.4 Å². The molecule has 0 unspecified atom stereocenters. The largest absolute Gasteiger partial charge is 0.344 e. The van der Waals surface area contributed by atoms with Crippen LogP contribution in [-0.2, 0) is 12.8 Å². The van der Waals surface area contributed by atoms with Crippen molar-refractivity contribution in [2.45, 2.75) is 32.2 Å². The third-order valence-electron chi connectivity index (χ3n) is 4.37. The van der Waals surface area contributed by atoms with Gasteiger partial charge in [-0.1, -0.05) is 24.2 Å². The van der Waals surface area contributed by atoms with E-state index >= 15 is 0 Å². The lowest BCUT2D eigenvalue weighted by atomic mass is 10.0. The van der Waals surface area contributed by atoms with Gasteiger partial charge in [0.25, 0.3) is 5.91 Å². The molecule has 2 heterocycles. The van der Waals surface area contributed by atoms with Gasteiger partial charge in [-0.25, -0.2) is 9.97 Å². The monoisotopic (exact) mass is 335 g/mol. The third kappa shape index (κ3) is 3.00. The Morgan fingerprint density at radius 1 is 1.36 bits per heavy atom. The number of fused-ring (bicyclic) bond motifs is 1. The first kappa shape index (κ1) is 15.4. The summed E-state index contributed by atoms with van der Waals surface area (Å²) in [7, 11) is 0. The number of rotatable bonds is 4. The first-order valence-corrected chi connectivity index (χ1v) is 8.27. The van der Waals surface area contributed by atoms with E-state index < -0.39 is 0 Å². The topological polar surface area (TPSA) is 93.8 Å². The van der Waals surface area contributed by atoms with Gasteiger partial charge in [-0.3, -0.25) is 4.79 Å². The average Bonchev–Trinajstić information content (AvgIpc) is 3.29. The number of hydrogen-bond acceptors (Lipinski definition) is 6. The summed E-state index contributed by atoms with van der Waals surface area (Å²) >= 11 is 0. The lowest BCUT2D eigenvalue weighted by Crippen LogP contribution is -2.27. The molecule has 1 aromatic carbocycles. The molecule has 3 aromatic rings. The van der Waals surface area contributed by atoms with Crippen LogP contribution >= 0.6 is 0 Å². The van der Waals surface area contributed by atoms with Crippen LogP contribution in [0.15, 0.2) is 41.3 Å². The highest BCUT2D eigenvalue weighted by Gasteiger charge is 2.25. The molecule has 7 heteroatoms. The first-order chi connectivity index (χ1) is 12.2. The lowest BCUT2D eigenvalue weighted by molar-refractivity contribution is 0.0931. The summed E-state index contributed by atoms with van der Waals surface area (Å²) < 4.78 is 5.18. The second-order valence-electron chi connectivity index (χ2n) is 5.94. The molecule has 0 spiro atoms. The molecule has 0 bridgehead atoms. The fourth-order valence-corrected chi connectivity index (χ4v) is 3.08.